The first-order valence-electron chi connectivity index (χ1n) is 8.77. The smallest absolute Gasteiger partial charge is 0.218 e. The number of furan rings is 1. The maximum Gasteiger partial charge on any atom is 0.218 e. The number of halogens is 1. The SMILES string of the molecule is Cc1cc(Cl)ccc1N(Cc1ccco1)/C(N)=N/C(N)=NCc1ccccc1. The van der Waals surface area contributed by atoms with Crippen LogP contribution in [0.25, 0.3) is 0 Å². The van der Waals surface area contributed by atoms with E-state index in [1.807, 2.05) is 66.4 Å². The van der Waals surface area contributed by atoms with Crippen molar-refractivity contribution in [2.24, 2.45) is 21.5 Å². The summed E-state index contributed by atoms with van der Waals surface area (Å²) in [5.41, 5.74) is 15.1. The van der Waals surface area contributed by atoms with E-state index in [0.29, 0.717) is 18.1 Å². The molecule has 0 saturated heterocycles. The van der Waals surface area contributed by atoms with Crippen LogP contribution < -0.4 is 16.4 Å². The molecule has 0 spiro atoms. The maximum atomic E-state index is 6.28. The average molecular weight is 396 g/mol. The number of hydrogen-bond acceptors (Lipinski definition) is 2. The number of rotatable bonds is 5. The fourth-order valence-corrected chi connectivity index (χ4v) is 2.97. The Kier molecular flexibility index (Phi) is 6.34. The number of anilines is 1. The third kappa shape index (κ3) is 5.14. The van der Waals surface area contributed by atoms with Gasteiger partial charge in [0.1, 0.15) is 5.76 Å². The lowest BCUT2D eigenvalue weighted by Gasteiger charge is -2.24. The van der Waals surface area contributed by atoms with E-state index in [2.05, 4.69) is 9.98 Å². The molecule has 0 aliphatic carbocycles. The van der Waals surface area contributed by atoms with E-state index in [4.69, 9.17) is 27.5 Å². The molecule has 0 saturated carbocycles. The molecule has 0 fully saturated rings. The normalized spacial score (nSPS) is 12.2. The van der Waals surface area contributed by atoms with Crippen LogP contribution in [0.5, 0.6) is 0 Å². The lowest BCUT2D eigenvalue weighted by molar-refractivity contribution is 0.511. The zero-order valence-corrected chi connectivity index (χ0v) is 16.3. The molecule has 0 amide bonds. The van der Waals surface area contributed by atoms with Gasteiger partial charge in [-0.2, -0.15) is 4.99 Å². The minimum Gasteiger partial charge on any atom is -0.467 e. The Morgan fingerprint density at radius 1 is 1.07 bits per heavy atom. The highest BCUT2D eigenvalue weighted by Gasteiger charge is 2.16. The van der Waals surface area contributed by atoms with Crippen molar-refractivity contribution in [1.29, 1.82) is 0 Å². The monoisotopic (exact) mass is 395 g/mol. The topological polar surface area (TPSA) is 93.1 Å². The molecule has 3 aromatic rings. The molecule has 0 radical (unpaired) electrons. The van der Waals surface area contributed by atoms with Gasteiger partial charge < -0.3 is 20.8 Å². The number of aliphatic imine (C=N–C) groups is 2. The Bertz CT molecular complexity index is 968. The van der Waals surface area contributed by atoms with Gasteiger partial charge in [-0.05, 0) is 48.4 Å². The minimum atomic E-state index is 0.109. The molecule has 144 valence electrons. The van der Waals surface area contributed by atoms with Crippen molar-refractivity contribution >= 4 is 29.2 Å². The molecule has 6 nitrogen and oxygen atoms in total. The van der Waals surface area contributed by atoms with Gasteiger partial charge in [0, 0.05) is 10.7 Å². The molecule has 28 heavy (non-hydrogen) atoms. The van der Waals surface area contributed by atoms with E-state index >= 15 is 0 Å². The molecular formula is C21H22ClN5O. The Balaban J connectivity index is 1.86. The van der Waals surface area contributed by atoms with Crippen LogP contribution in [0.1, 0.15) is 16.9 Å². The molecule has 7 heteroatoms. The second-order valence-corrected chi connectivity index (χ2v) is 6.66. The Morgan fingerprint density at radius 3 is 2.54 bits per heavy atom. The Labute approximate surface area is 169 Å². The zero-order valence-electron chi connectivity index (χ0n) is 15.5. The molecule has 2 aromatic carbocycles. The van der Waals surface area contributed by atoms with E-state index in [9.17, 15) is 0 Å². The van der Waals surface area contributed by atoms with Gasteiger partial charge in [-0.15, -0.1) is 0 Å². The van der Waals surface area contributed by atoms with Crippen LogP contribution in [0, 0.1) is 6.92 Å². The summed E-state index contributed by atoms with van der Waals surface area (Å²) in [5, 5.41) is 0.652. The summed E-state index contributed by atoms with van der Waals surface area (Å²) < 4.78 is 5.47. The van der Waals surface area contributed by atoms with Gasteiger partial charge in [0.15, 0.2) is 0 Å². The van der Waals surface area contributed by atoms with Crippen LogP contribution in [-0.4, -0.2) is 11.9 Å². The van der Waals surface area contributed by atoms with Crippen molar-refractivity contribution in [3.8, 4) is 0 Å². The van der Waals surface area contributed by atoms with Crippen molar-refractivity contribution in [2.45, 2.75) is 20.0 Å². The number of aryl methyl sites for hydroxylation is 1. The summed E-state index contributed by atoms with van der Waals surface area (Å²) in [6.45, 7) is 2.79. The third-order valence-corrected chi connectivity index (χ3v) is 4.35. The molecule has 1 aromatic heterocycles. The van der Waals surface area contributed by atoms with E-state index < -0.39 is 0 Å². The lowest BCUT2D eigenvalue weighted by atomic mass is 10.2. The van der Waals surface area contributed by atoms with Crippen molar-refractivity contribution in [1.82, 2.24) is 0 Å². The lowest BCUT2D eigenvalue weighted by Crippen LogP contribution is -2.38. The fourth-order valence-electron chi connectivity index (χ4n) is 2.74. The highest BCUT2D eigenvalue weighted by atomic mass is 35.5. The Hall–Kier alpha value is -3.25. The highest BCUT2D eigenvalue weighted by Crippen LogP contribution is 2.25. The highest BCUT2D eigenvalue weighted by molar-refractivity contribution is 6.30. The van der Waals surface area contributed by atoms with Gasteiger partial charge in [0.2, 0.25) is 11.9 Å². The molecular weight excluding hydrogens is 374 g/mol. The molecule has 1 heterocycles. The first-order valence-corrected chi connectivity index (χ1v) is 9.15. The number of hydrogen-bond donors (Lipinski definition) is 2. The van der Waals surface area contributed by atoms with E-state index in [-0.39, 0.29) is 11.9 Å². The van der Waals surface area contributed by atoms with Crippen molar-refractivity contribution in [3.05, 3.63) is 88.8 Å². The summed E-state index contributed by atoms with van der Waals surface area (Å²) in [5.74, 6) is 1.07. The van der Waals surface area contributed by atoms with Gasteiger partial charge in [0.05, 0.1) is 19.4 Å². The molecule has 0 aliphatic rings. The molecule has 0 aliphatic heterocycles. The van der Waals surface area contributed by atoms with Crippen LogP contribution in [0.15, 0.2) is 81.3 Å². The second-order valence-electron chi connectivity index (χ2n) is 6.23. The summed E-state index contributed by atoms with van der Waals surface area (Å²) in [6, 6.07) is 19.1. The third-order valence-electron chi connectivity index (χ3n) is 4.12. The van der Waals surface area contributed by atoms with Crippen molar-refractivity contribution in [3.63, 3.8) is 0 Å². The van der Waals surface area contributed by atoms with Gasteiger partial charge in [-0.3, -0.25) is 0 Å². The van der Waals surface area contributed by atoms with Crippen molar-refractivity contribution in [2.75, 3.05) is 4.90 Å². The number of nitrogens with two attached hydrogens (primary N) is 2. The predicted octanol–water partition coefficient (Wildman–Crippen LogP) is 4.08. The van der Waals surface area contributed by atoms with Crippen LogP contribution in [0.3, 0.4) is 0 Å². The minimum absolute atomic E-state index is 0.109. The average Bonchev–Trinajstić information content (AvgIpc) is 3.19. The van der Waals surface area contributed by atoms with E-state index in [1.165, 1.54) is 0 Å². The predicted molar refractivity (Wildman–Crippen MR) is 114 cm³/mol. The molecule has 0 bridgehead atoms. The van der Waals surface area contributed by atoms with Crippen LogP contribution in [-0.2, 0) is 13.1 Å². The van der Waals surface area contributed by atoms with E-state index in [1.54, 1.807) is 12.3 Å². The quantitative estimate of drug-likeness (QED) is 0.502. The largest absolute Gasteiger partial charge is 0.467 e. The maximum absolute atomic E-state index is 6.28. The first-order chi connectivity index (χ1) is 13.5. The van der Waals surface area contributed by atoms with Crippen LogP contribution >= 0.6 is 11.6 Å². The molecule has 3 rings (SSSR count). The van der Waals surface area contributed by atoms with Gasteiger partial charge >= 0.3 is 0 Å². The summed E-state index contributed by atoms with van der Waals surface area (Å²) >= 11 is 6.09. The van der Waals surface area contributed by atoms with Crippen molar-refractivity contribution < 1.29 is 4.42 Å². The molecule has 0 atom stereocenters. The van der Waals surface area contributed by atoms with Crippen LogP contribution in [0.2, 0.25) is 5.02 Å². The van der Waals surface area contributed by atoms with E-state index in [0.717, 1.165) is 22.6 Å². The molecule has 0 unspecified atom stereocenters. The number of benzene rings is 2. The number of nitrogens with zero attached hydrogens (tertiary/aromatic N) is 3. The summed E-state index contributed by atoms with van der Waals surface area (Å²) in [7, 11) is 0. The fraction of sp³-hybridized carbons (Fsp3) is 0.143. The second kappa shape index (κ2) is 9.10. The number of guanidine groups is 2. The summed E-state index contributed by atoms with van der Waals surface area (Å²) in [6.07, 6.45) is 1.62. The van der Waals surface area contributed by atoms with Gasteiger partial charge in [0.25, 0.3) is 0 Å². The summed E-state index contributed by atoms with van der Waals surface area (Å²) in [4.78, 5) is 10.4. The first kappa shape index (κ1) is 19.5. The standard InChI is InChI=1S/C21H22ClN5O/c1-15-12-17(22)9-10-19(15)27(14-18-8-5-11-28-18)21(24)26-20(23)25-13-16-6-3-2-4-7-16/h2-12H,13-14H2,1H3,(H4,23,24,25,26). The van der Waals surface area contributed by atoms with Gasteiger partial charge in [-0.25, -0.2) is 4.99 Å². The van der Waals surface area contributed by atoms with Crippen LogP contribution in [0.4, 0.5) is 5.69 Å². The van der Waals surface area contributed by atoms with Gasteiger partial charge in [-0.1, -0.05) is 41.9 Å². The molecule has 4 N–H and O–H groups in total. The Morgan fingerprint density at radius 2 is 1.86 bits per heavy atom. The zero-order chi connectivity index (χ0) is 19.9.